The lowest BCUT2D eigenvalue weighted by atomic mass is 10.0. The van der Waals surface area contributed by atoms with Crippen molar-refractivity contribution in [2.75, 3.05) is 20.1 Å². The number of benzene rings is 1. The Morgan fingerprint density at radius 2 is 1.93 bits per heavy atom. The van der Waals surface area contributed by atoms with Gasteiger partial charge in [-0.15, -0.1) is 0 Å². The molecule has 2 rings (SSSR count). The Kier molecular flexibility index (Phi) is 3.01. The minimum atomic E-state index is 0.240. The van der Waals surface area contributed by atoms with Crippen LogP contribution in [0.3, 0.4) is 0 Å². The monoisotopic (exact) mass is 224 g/mol. The Labute approximate surface area is 96.0 Å². The number of likely N-dealkylation sites (N-methyl/N-ethyl adjacent to an activating group) is 1. The average molecular weight is 225 g/mol. The van der Waals surface area contributed by atoms with Gasteiger partial charge in [-0.2, -0.15) is 0 Å². The molecule has 0 saturated heterocycles. The Morgan fingerprint density at radius 3 is 2.40 bits per heavy atom. The van der Waals surface area contributed by atoms with Crippen molar-refractivity contribution in [2.24, 2.45) is 5.73 Å². The summed E-state index contributed by atoms with van der Waals surface area (Å²) in [6.45, 7) is 1.66. The summed E-state index contributed by atoms with van der Waals surface area (Å²) >= 11 is 5.89. The second-order valence-electron chi connectivity index (χ2n) is 4.25. The first-order valence-electron chi connectivity index (χ1n) is 5.36. The van der Waals surface area contributed by atoms with Crippen LogP contribution in [0.5, 0.6) is 0 Å². The van der Waals surface area contributed by atoms with Gasteiger partial charge in [0.05, 0.1) is 0 Å². The topological polar surface area (TPSA) is 29.3 Å². The van der Waals surface area contributed by atoms with E-state index in [9.17, 15) is 0 Å². The third kappa shape index (κ3) is 2.03. The lowest BCUT2D eigenvalue weighted by Gasteiger charge is -2.28. The van der Waals surface area contributed by atoms with Crippen LogP contribution in [0.1, 0.15) is 18.4 Å². The molecule has 0 unspecified atom stereocenters. The summed E-state index contributed by atoms with van der Waals surface area (Å²) in [5.74, 6) is 0. The van der Waals surface area contributed by atoms with Crippen molar-refractivity contribution in [3.05, 3.63) is 34.9 Å². The van der Waals surface area contributed by atoms with Crippen molar-refractivity contribution in [2.45, 2.75) is 18.4 Å². The maximum atomic E-state index is 5.89. The summed E-state index contributed by atoms with van der Waals surface area (Å²) in [5.41, 5.74) is 7.20. The maximum absolute atomic E-state index is 5.89. The van der Waals surface area contributed by atoms with E-state index < -0.39 is 0 Å². The van der Waals surface area contributed by atoms with Crippen LogP contribution in [0.4, 0.5) is 0 Å². The molecule has 0 atom stereocenters. The van der Waals surface area contributed by atoms with E-state index in [0.29, 0.717) is 6.54 Å². The highest BCUT2D eigenvalue weighted by molar-refractivity contribution is 6.30. The molecule has 1 aliphatic rings. The van der Waals surface area contributed by atoms with Crippen molar-refractivity contribution in [1.82, 2.24) is 4.90 Å². The summed E-state index contributed by atoms with van der Waals surface area (Å²) in [4.78, 5) is 2.36. The second kappa shape index (κ2) is 4.12. The highest BCUT2D eigenvalue weighted by atomic mass is 35.5. The van der Waals surface area contributed by atoms with Crippen LogP contribution in [0.15, 0.2) is 24.3 Å². The smallest absolute Gasteiger partial charge is 0.0459 e. The molecule has 1 aromatic rings. The van der Waals surface area contributed by atoms with Gasteiger partial charge in [-0.1, -0.05) is 23.7 Å². The van der Waals surface area contributed by atoms with Gasteiger partial charge in [0.25, 0.3) is 0 Å². The molecule has 1 fully saturated rings. The van der Waals surface area contributed by atoms with E-state index in [-0.39, 0.29) is 5.54 Å². The van der Waals surface area contributed by atoms with Gasteiger partial charge in [0, 0.05) is 23.7 Å². The molecular formula is C12H17ClN2. The highest BCUT2D eigenvalue weighted by Crippen LogP contribution is 2.50. The first-order valence-corrected chi connectivity index (χ1v) is 5.74. The van der Waals surface area contributed by atoms with Crippen LogP contribution in [0, 0.1) is 0 Å². The van der Waals surface area contributed by atoms with Crippen LogP contribution in [-0.2, 0) is 5.54 Å². The van der Waals surface area contributed by atoms with Gasteiger partial charge in [-0.05, 0) is 37.6 Å². The third-order valence-electron chi connectivity index (χ3n) is 3.30. The lowest BCUT2D eigenvalue weighted by Crippen LogP contribution is -2.35. The predicted octanol–water partition coefficient (Wildman–Crippen LogP) is 2.22. The van der Waals surface area contributed by atoms with Crippen molar-refractivity contribution in [1.29, 1.82) is 0 Å². The fourth-order valence-electron chi connectivity index (χ4n) is 2.18. The van der Waals surface area contributed by atoms with Gasteiger partial charge < -0.3 is 5.73 Å². The number of hydrogen-bond donors (Lipinski definition) is 1. The van der Waals surface area contributed by atoms with E-state index >= 15 is 0 Å². The van der Waals surface area contributed by atoms with Crippen LogP contribution in [-0.4, -0.2) is 25.0 Å². The molecule has 1 aromatic carbocycles. The Balaban J connectivity index is 2.19. The first-order chi connectivity index (χ1) is 7.19. The van der Waals surface area contributed by atoms with Crippen LogP contribution >= 0.6 is 11.6 Å². The van der Waals surface area contributed by atoms with Crippen LogP contribution in [0.25, 0.3) is 0 Å². The molecule has 82 valence electrons. The Hall–Kier alpha value is -0.570. The number of halogens is 1. The van der Waals surface area contributed by atoms with Crippen molar-refractivity contribution in [3.63, 3.8) is 0 Å². The predicted molar refractivity (Wildman–Crippen MR) is 64.0 cm³/mol. The molecule has 15 heavy (non-hydrogen) atoms. The molecule has 0 heterocycles. The summed E-state index contributed by atoms with van der Waals surface area (Å²) < 4.78 is 0. The molecular weight excluding hydrogens is 208 g/mol. The molecule has 0 amide bonds. The molecule has 2 N–H and O–H groups in total. The number of rotatable bonds is 4. The van der Waals surface area contributed by atoms with Gasteiger partial charge in [0.2, 0.25) is 0 Å². The van der Waals surface area contributed by atoms with Gasteiger partial charge in [0.1, 0.15) is 0 Å². The van der Waals surface area contributed by atoms with Crippen LogP contribution < -0.4 is 5.73 Å². The zero-order valence-corrected chi connectivity index (χ0v) is 9.80. The fraction of sp³-hybridized carbons (Fsp3) is 0.500. The standard InChI is InChI=1S/C12H17ClN2/c1-15(9-8-14)12(6-7-12)10-2-4-11(13)5-3-10/h2-5H,6-9,14H2,1H3. The fourth-order valence-corrected chi connectivity index (χ4v) is 2.30. The number of nitrogens with two attached hydrogens (primary N) is 1. The van der Waals surface area contributed by atoms with E-state index in [4.69, 9.17) is 17.3 Å². The van der Waals surface area contributed by atoms with E-state index in [2.05, 4.69) is 24.1 Å². The van der Waals surface area contributed by atoms with Crippen molar-refractivity contribution in [3.8, 4) is 0 Å². The van der Waals surface area contributed by atoms with Gasteiger partial charge in [-0.25, -0.2) is 0 Å². The van der Waals surface area contributed by atoms with E-state index in [0.717, 1.165) is 11.6 Å². The molecule has 2 nitrogen and oxygen atoms in total. The van der Waals surface area contributed by atoms with E-state index in [1.807, 2.05) is 12.1 Å². The molecule has 0 radical (unpaired) electrons. The van der Waals surface area contributed by atoms with E-state index in [1.54, 1.807) is 0 Å². The van der Waals surface area contributed by atoms with Crippen molar-refractivity contribution >= 4 is 11.6 Å². The first kappa shape index (κ1) is 10.9. The SMILES string of the molecule is CN(CCN)C1(c2ccc(Cl)cc2)CC1. The third-order valence-corrected chi connectivity index (χ3v) is 3.55. The Bertz CT molecular complexity index is 330. The molecule has 0 aromatic heterocycles. The van der Waals surface area contributed by atoms with E-state index in [1.165, 1.54) is 18.4 Å². The highest BCUT2D eigenvalue weighted by Gasteiger charge is 2.47. The van der Waals surface area contributed by atoms with Gasteiger partial charge in [0.15, 0.2) is 0 Å². The lowest BCUT2D eigenvalue weighted by molar-refractivity contribution is 0.229. The minimum absolute atomic E-state index is 0.240. The zero-order valence-electron chi connectivity index (χ0n) is 9.04. The van der Waals surface area contributed by atoms with Crippen molar-refractivity contribution < 1.29 is 0 Å². The van der Waals surface area contributed by atoms with Crippen LogP contribution in [0.2, 0.25) is 5.02 Å². The largest absolute Gasteiger partial charge is 0.329 e. The normalized spacial score (nSPS) is 18.1. The molecule has 1 saturated carbocycles. The number of hydrogen-bond acceptors (Lipinski definition) is 2. The molecule has 3 heteroatoms. The summed E-state index contributed by atoms with van der Waals surface area (Å²) in [7, 11) is 2.15. The number of nitrogens with zero attached hydrogens (tertiary/aromatic N) is 1. The minimum Gasteiger partial charge on any atom is -0.329 e. The maximum Gasteiger partial charge on any atom is 0.0459 e. The zero-order chi connectivity index (χ0) is 10.9. The second-order valence-corrected chi connectivity index (χ2v) is 4.69. The molecule has 0 spiro atoms. The summed E-state index contributed by atoms with van der Waals surface area (Å²) in [6, 6.07) is 8.19. The molecule has 0 aliphatic heterocycles. The molecule has 0 bridgehead atoms. The summed E-state index contributed by atoms with van der Waals surface area (Å²) in [5, 5.41) is 0.802. The van der Waals surface area contributed by atoms with Gasteiger partial charge in [-0.3, -0.25) is 4.90 Å². The Morgan fingerprint density at radius 1 is 1.33 bits per heavy atom. The molecule has 1 aliphatic carbocycles. The summed E-state index contributed by atoms with van der Waals surface area (Å²) in [6.07, 6.45) is 2.45. The average Bonchev–Trinajstić information content (AvgIpc) is 3.00. The van der Waals surface area contributed by atoms with Gasteiger partial charge >= 0.3 is 0 Å². The quantitative estimate of drug-likeness (QED) is 0.850.